The zero-order valence-electron chi connectivity index (χ0n) is 11.3. The maximum absolute atomic E-state index is 5.39. The van der Waals surface area contributed by atoms with Crippen LogP contribution < -0.4 is 9.64 Å². The van der Waals surface area contributed by atoms with Crippen molar-refractivity contribution in [2.24, 2.45) is 0 Å². The third kappa shape index (κ3) is 2.69. The summed E-state index contributed by atoms with van der Waals surface area (Å²) in [6.07, 6.45) is 0. The molecule has 1 rings (SSSR count). The van der Waals surface area contributed by atoms with Gasteiger partial charge in [-0.15, -0.1) is 0 Å². The van der Waals surface area contributed by atoms with Crippen LogP contribution in [0.4, 0.5) is 5.69 Å². The molecule has 0 aromatic heterocycles. The number of hydrogen-bond acceptors (Lipinski definition) is 2. The average Bonchev–Trinajstić information content (AvgIpc) is 2.25. The molecular weight excluding hydrogens is 198 g/mol. The Bertz CT molecular complexity index is 352. The zero-order valence-corrected chi connectivity index (χ0v) is 11.3. The first kappa shape index (κ1) is 12.9. The molecule has 90 valence electrons. The van der Waals surface area contributed by atoms with E-state index in [0.717, 1.165) is 18.0 Å². The van der Waals surface area contributed by atoms with Crippen molar-refractivity contribution < 1.29 is 4.74 Å². The smallest absolute Gasteiger partial charge is 0.142 e. The van der Waals surface area contributed by atoms with E-state index in [0.29, 0.717) is 0 Å². The van der Waals surface area contributed by atoms with Crippen molar-refractivity contribution in [2.75, 3.05) is 25.6 Å². The molecule has 0 saturated carbocycles. The minimum Gasteiger partial charge on any atom is -0.495 e. The standard InChI is InChI=1S/C14H23NO/c1-7-15(5)12-10-11(14(2,3)4)8-9-13(12)16-6/h8-10H,7H2,1-6H3. The van der Waals surface area contributed by atoms with Gasteiger partial charge in [-0.1, -0.05) is 26.8 Å². The van der Waals surface area contributed by atoms with E-state index < -0.39 is 0 Å². The van der Waals surface area contributed by atoms with E-state index in [1.807, 2.05) is 0 Å². The van der Waals surface area contributed by atoms with E-state index >= 15 is 0 Å². The van der Waals surface area contributed by atoms with Gasteiger partial charge in [-0.25, -0.2) is 0 Å². The maximum Gasteiger partial charge on any atom is 0.142 e. The van der Waals surface area contributed by atoms with Gasteiger partial charge in [0.25, 0.3) is 0 Å². The minimum atomic E-state index is 0.176. The van der Waals surface area contributed by atoms with Gasteiger partial charge in [-0.2, -0.15) is 0 Å². The number of hydrogen-bond donors (Lipinski definition) is 0. The van der Waals surface area contributed by atoms with Crippen molar-refractivity contribution in [3.63, 3.8) is 0 Å². The average molecular weight is 221 g/mol. The molecule has 0 aliphatic carbocycles. The fourth-order valence-electron chi connectivity index (χ4n) is 1.63. The van der Waals surface area contributed by atoms with Crippen LogP contribution in [0.25, 0.3) is 0 Å². The fraction of sp³-hybridized carbons (Fsp3) is 0.571. The van der Waals surface area contributed by atoms with Gasteiger partial charge in [0, 0.05) is 13.6 Å². The zero-order chi connectivity index (χ0) is 12.3. The molecule has 0 fully saturated rings. The Morgan fingerprint density at radius 2 is 1.88 bits per heavy atom. The number of methoxy groups -OCH3 is 1. The Morgan fingerprint density at radius 3 is 2.31 bits per heavy atom. The molecule has 0 heterocycles. The third-order valence-corrected chi connectivity index (χ3v) is 2.93. The lowest BCUT2D eigenvalue weighted by atomic mass is 9.86. The molecule has 0 amide bonds. The van der Waals surface area contributed by atoms with Crippen LogP contribution in [0, 0.1) is 0 Å². The predicted octanol–water partition coefficient (Wildman–Crippen LogP) is 3.45. The predicted molar refractivity (Wildman–Crippen MR) is 70.6 cm³/mol. The molecule has 0 aliphatic heterocycles. The van der Waals surface area contributed by atoms with Crippen LogP contribution in [-0.4, -0.2) is 20.7 Å². The summed E-state index contributed by atoms with van der Waals surface area (Å²) in [5.41, 5.74) is 2.68. The fourth-order valence-corrected chi connectivity index (χ4v) is 1.63. The first-order valence-corrected chi connectivity index (χ1v) is 5.79. The Balaban J connectivity index is 3.21. The van der Waals surface area contributed by atoms with Crippen molar-refractivity contribution in [2.45, 2.75) is 33.1 Å². The molecule has 0 aliphatic rings. The topological polar surface area (TPSA) is 12.5 Å². The Hall–Kier alpha value is -1.18. The summed E-state index contributed by atoms with van der Waals surface area (Å²) in [5.74, 6) is 0.942. The number of anilines is 1. The SMILES string of the molecule is CCN(C)c1cc(C(C)(C)C)ccc1OC. The molecule has 1 aromatic rings. The van der Waals surface area contributed by atoms with Gasteiger partial charge < -0.3 is 9.64 Å². The highest BCUT2D eigenvalue weighted by atomic mass is 16.5. The minimum absolute atomic E-state index is 0.176. The van der Waals surface area contributed by atoms with Crippen LogP contribution in [0.2, 0.25) is 0 Å². The summed E-state index contributed by atoms with van der Waals surface area (Å²) >= 11 is 0. The van der Waals surface area contributed by atoms with Gasteiger partial charge in [0.05, 0.1) is 12.8 Å². The number of rotatable bonds is 3. The van der Waals surface area contributed by atoms with E-state index in [1.165, 1.54) is 5.56 Å². The summed E-state index contributed by atoms with van der Waals surface area (Å²) in [7, 11) is 3.81. The van der Waals surface area contributed by atoms with Gasteiger partial charge in [-0.05, 0) is 30.0 Å². The first-order chi connectivity index (χ1) is 7.40. The largest absolute Gasteiger partial charge is 0.495 e. The van der Waals surface area contributed by atoms with Crippen molar-refractivity contribution in [1.29, 1.82) is 0 Å². The highest BCUT2D eigenvalue weighted by Gasteiger charge is 2.16. The van der Waals surface area contributed by atoms with Gasteiger partial charge in [0.2, 0.25) is 0 Å². The Kier molecular flexibility index (Phi) is 3.84. The Labute approximate surface area is 99.2 Å². The van der Waals surface area contributed by atoms with Crippen LogP contribution in [0.15, 0.2) is 18.2 Å². The molecule has 0 bridgehead atoms. The van der Waals surface area contributed by atoms with Crippen molar-refractivity contribution in [3.05, 3.63) is 23.8 Å². The van der Waals surface area contributed by atoms with E-state index in [9.17, 15) is 0 Å². The van der Waals surface area contributed by atoms with Gasteiger partial charge in [-0.3, -0.25) is 0 Å². The molecule has 0 radical (unpaired) electrons. The molecule has 0 saturated heterocycles. The summed E-state index contributed by atoms with van der Waals surface area (Å²) in [4.78, 5) is 2.20. The number of benzene rings is 1. The van der Waals surface area contributed by atoms with Crippen LogP contribution in [0.5, 0.6) is 5.75 Å². The molecule has 16 heavy (non-hydrogen) atoms. The molecular formula is C14H23NO. The number of ether oxygens (including phenoxy) is 1. The van der Waals surface area contributed by atoms with Crippen LogP contribution in [-0.2, 0) is 5.41 Å². The quantitative estimate of drug-likeness (QED) is 0.775. The summed E-state index contributed by atoms with van der Waals surface area (Å²) in [6, 6.07) is 6.43. The van der Waals surface area contributed by atoms with Crippen molar-refractivity contribution in [1.82, 2.24) is 0 Å². The van der Waals surface area contributed by atoms with Crippen molar-refractivity contribution in [3.8, 4) is 5.75 Å². The van der Waals surface area contributed by atoms with E-state index in [1.54, 1.807) is 7.11 Å². The van der Waals surface area contributed by atoms with E-state index in [2.05, 4.69) is 57.8 Å². The Morgan fingerprint density at radius 1 is 1.25 bits per heavy atom. The normalized spacial score (nSPS) is 11.4. The van der Waals surface area contributed by atoms with Gasteiger partial charge in [0.15, 0.2) is 0 Å². The van der Waals surface area contributed by atoms with E-state index in [-0.39, 0.29) is 5.41 Å². The molecule has 0 unspecified atom stereocenters. The van der Waals surface area contributed by atoms with Crippen LogP contribution >= 0.6 is 0 Å². The monoisotopic (exact) mass is 221 g/mol. The molecule has 0 N–H and O–H groups in total. The maximum atomic E-state index is 5.39. The lowest BCUT2D eigenvalue weighted by Crippen LogP contribution is -2.18. The second-order valence-electron chi connectivity index (χ2n) is 5.15. The summed E-state index contributed by atoms with van der Waals surface area (Å²) in [5, 5.41) is 0. The molecule has 0 atom stereocenters. The first-order valence-electron chi connectivity index (χ1n) is 5.79. The summed E-state index contributed by atoms with van der Waals surface area (Å²) < 4.78 is 5.39. The lowest BCUT2D eigenvalue weighted by molar-refractivity contribution is 0.414. The second-order valence-corrected chi connectivity index (χ2v) is 5.15. The van der Waals surface area contributed by atoms with E-state index in [4.69, 9.17) is 4.74 Å². The van der Waals surface area contributed by atoms with Crippen molar-refractivity contribution >= 4 is 5.69 Å². The van der Waals surface area contributed by atoms with Gasteiger partial charge in [0.1, 0.15) is 5.75 Å². The lowest BCUT2D eigenvalue weighted by Gasteiger charge is -2.25. The molecule has 2 nitrogen and oxygen atoms in total. The highest BCUT2D eigenvalue weighted by Crippen LogP contribution is 2.33. The van der Waals surface area contributed by atoms with Gasteiger partial charge >= 0.3 is 0 Å². The van der Waals surface area contributed by atoms with Crippen LogP contribution in [0.1, 0.15) is 33.3 Å². The second kappa shape index (κ2) is 4.77. The van der Waals surface area contributed by atoms with Crippen LogP contribution in [0.3, 0.4) is 0 Å². The summed E-state index contributed by atoms with van der Waals surface area (Å²) in [6.45, 7) is 9.80. The highest BCUT2D eigenvalue weighted by molar-refractivity contribution is 5.60. The number of nitrogens with zero attached hydrogens (tertiary/aromatic N) is 1. The third-order valence-electron chi connectivity index (χ3n) is 2.93. The molecule has 1 aromatic carbocycles. The molecule has 0 spiro atoms. The molecule has 2 heteroatoms.